The molecule has 7 heteroatoms. The van der Waals surface area contributed by atoms with E-state index < -0.39 is 16.0 Å². The molecule has 1 aliphatic rings. The Morgan fingerprint density at radius 2 is 2.25 bits per heavy atom. The van der Waals surface area contributed by atoms with Gasteiger partial charge in [0.1, 0.15) is 0 Å². The van der Waals surface area contributed by atoms with Crippen LogP contribution in [0.1, 0.15) is 12.8 Å². The molecular formula is C9H18N2O4S. The SMILES string of the molecule is COC(=O)CCS(=O)(=O)N(C)C1CCNC1. The van der Waals surface area contributed by atoms with Crippen molar-refractivity contribution in [2.75, 3.05) is 33.0 Å². The maximum absolute atomic E-state index is 11.8. The van der Waals surface area contributed by atoms with Gasteiger partial charge < -0.3 is 10.1 Å². The largest absolute Gasteiger partial charge is 0.469 e. The first kappa shape index (κ1) is 13.4. The molecule has 0 saturated carbocycles. The monoisotopic (exact) mass is 250 g/mol. The van der Waals surface area contributed by atoms with Gasteiger partial charge in [0.05, 0.1) is 19.3 Å². The van der Waals surface area contributed by atoms with E-state index in [1.807, 2.05) is 0 Å². The van der Waals surface area contributed by atoms with Crippen LogP contribution in [0.4, 0.5) is 0 Å². The third-order valence-electron chi connectivity index (χ3n) is 2.78. The van der Waals surface area contributed by atoms with Crippen molar-refractivity contribution in [1.29, 1.82) is 0 Å². The Kier molecular flexibility index (Phi) is 4.69. The Labute approximate surface area is 96.0 Å². The number of carbonyl (C=O) groups is 1. The average Bonchev–Trinajstić information content (AvgIpc) is 2.78. The van der Waals surface area contributed by atoms with Gasteiger partial charge in [-0.3, -0.25) is 4.79 Å². The predicted octanol–water partition coefficient (Wildman–Crippen LogP) is -0.827. The molecule has 1 aliphatic heterocycles. The predicted molar refractivity (Wildman–Crippen MR) is 59.5 cm³/mol. The highest BCUT2D eigenvalue weighted by Crippen LogP contribution is 2.12. The van der Waals surface area contributed by atoms with E-state index in [4.69, 9.17) is 0 Å². The van der Waals surface area contributed by atoms with Gasteiger partial charge >= 0.3 is 5.97 Å². The molecule has 0 aliphatic carbocycles. The quantitative estimate of drug-likeness (QED) is 0.645. The lowest BCUT2D eigenvalue weighted by atomic mass is 10.3. The molecule has 0 amide bonds. The van der Waals surface area contributed by atoms with Crippen LogP contribution in [-0.4, -0.2) is 57.7 Å². The fourth-order valence-electron chi connectivity index (χ4n) is 1.64. The number of hydrogen-bond acceptors (Lipinski definition) is 5. The highest BCUT2D eigenvalue weighted by atomic mass is 32.2. The molecule has 16 heavy (non-hydrogen) atoms. The normalized spacial score (nSPS) is 21.3. The van der Waals surface area contributed by atoms with Crippen LogP contribution < -0.4 is 5.32 Å². The van der Waals surface area contributed by atoms with Gasteiger partial charge in [-0.1, -0.05) is 0 Å². The van der Waals surface area contributed by atoms with Gasteiger partial charge in [-0.25, -0.2) is 12.7 Å². The van der Waals surface area contributed by atoms with E-state index in [2.05, 4.69) is 10.1 Å². The first-order valence-electron chi connectivity index (χ1n) is 5.20. The van der Waals surface area contributed by atoms with E-state index in [1.54, 1.807) is 7.05 Å². The number of rotatable bonds is 5. The molecule has 1 rings (SSSR count). The Morgan fingerprint density at radius 1 is 1.56 bits per heavy atom. The number of hydrogen-bond donors (Lipinski definition) is 1. The second-order valence-electron chi connectivity index (χ2n) is 3.80. The van der Waals surface area contributed by atoms with Gasteiger partial charge in [-0.15, -0.1) is 0 Å². The summed E-state index contributed by atoms with van der Waals surface area (Å²) in [6, 6.07) is 0.00245. The highest BCUT2D eigenvalue weighted by molar-refractivity contribution is 7.89. The summed E-state index contributed by atoms with van der Waals surface area (Å²) in [6.07, 6.45) is 0.720. The number of esters is 1. The Morgan fingerprint density at radius 3 is 2.75 bits per heavy atom. The standard InChI is InChI=1S/C9H18N2O4S/c1-11(8-3-5-10-7-8)16(13,14)6-4-9(12)15-2/h8,10H,3-7H2,1-2H3. The summed E-state index contributed by atoms with van der Waals surface area (Å²) >= 11 is 0. The average molecular weight is 250 g/mol. The van der Waals surface area contributed by atoms with Crippen LogP contribution in [-0.2, 0) is 19.6 Å². The van der Waals surface area contributed by atoms with Gasteiger partial charge in [0, 0.05) is 19.6 Å². The van der Waals surface area contributed by atoms with Crippen LogP contribution in [0.5, 0.6) is 0 Å². The maximum atomic E-state index is 11.8. The minimum atomic E-state index is -3.36. The summed E-state index contributed by atoms with van der Waals surface area (Å²) in [7, 11) is -0.547. The number of nitrogens with one attached hydrogen (secondary N) is 1. The van der Waals surface area contributed by atoms with Crippen molar-refractivity contribution in [2.45, 2.75) is 18.9 Å². The van der Waals surface area contributed by atoms with E-state index in [-0.39, 0.29) is 18.2 Å². The Hall–Kier alpha value is -0.660. The molecular weight excluding hydrogens is 232 g/mol. The zero-order valence-electron chi connectivity index (χ0n) is 9.60. The van der Waals surface area contributed by atoms with E-state index in [9.17, 15) is 13.2 Å². The molecule has 0 spiro atoms. The topological polar surface area (TPSA) is 75.7 Å². The number of sulfonamides is 1. The number of carbonyl (C=O) groups excluding carboxylic acids is 1. The smallest absolute Gasteiger partial charge is 0.306 e. The Balaban J connectivity index is 2.52. The molecule has 0 radical (unpaired) electrons. The molecule has 1 fully saturated rings. The van der Waals surface area contributed by atoms with Crippen LogP contribution in [0.15, 0.2) is 0 Å². The molecule has 6 nitrogen and oxygen atoms in total. The van der Waals surface area contributed by atoms with E-state index in [0.29, 0.717) is 6.54 Å². The first-order valence-corrected chi connectivity index (χ1v) is 6.81. The molecule has 0 aromatic heterocycles. The van der Waals surface area contributed by atoms with Crippen molar-refractivity contribution in [3.8, 4) is 0 Å². The fourth-order valence-corrected chi connectivity index (χ4v) is 2.98. The lowest BCUT2D eigenvalue weighted by Gasteiger charge is -2.22. The molecule has 0 aromatic carbocycles. The zero-order chi connectivity index (χ0) is 12.2. The lowest BCUT2D eigenvalue weighted by Crippen LogP contribution is -2.40. The minimum Gasteiger partial charge on any atom is -0.469 e. The number of nitrogens with zero attached hydrogens (tertiary/aromatic N) is 1. The Bertz CT molecular complexity index is 335. The van der Waals surface area contributed by atoms with Crippen molar-refractivity contribution in [3.63, 3.8) is 0 Å². The fraction of sp³-hybridized carbons (Fsp3) is 0.889. The molecule has 0 bridgehead atoms. The van der Waals surface area contributed by atoms with Crippen molar-refractivity contribution < 1.29 is 17.9 Å². The van der Waals surface area contributed by atoms with E-state index in [0.717, 1.165) is 13.0 Å². The summed E-state index contributed by atoms with van der Waals surface area (Å²) in [5.74, 6) is -0.686. The summed E-state index contributed by atoms with van der Waals surface area (Å²) in [4.78, 5) is 10.9. The third-order valence-corrected chi connectivity index (χ3v) is 4.67. The second kappa shape index (κ2) is 5.60. The van der Waals surface area contributed by atoms with Crippen molar-refractivity contribution in [1.82, 2.24) is 9.62 Å². The number of methoxy groups -OCH3 is 1. The van der Waals surface area contributed by atoms with Crippen LogP contribution >= 0.6 is 0 Å². The summed E-state index contributed by atoms with van der Waals surface area (Å²) in [6.45, 7) is 1.51. The third kappa shape index (κ3) is 3.43. The summed E-state index contributed by atoms with van der Waals surface area (Å²) in [5.41, 5.74) is 0. The summed E-state index contributed by atoms with van der Waals surface area (Å²) < 4.78 is 29.4. The van der Waals surface area contributed by atoms with Crippen LogP contribution in [0, 0.1) is 0 Å². The molecule has 1 heterocycles. The molecule has 1 atom stereocenters. The van der Waals surface area contributed by atoms with Gasteiger partial charge in [0.2, 0.25) is 10.0 Å². The lowest BCUT2D eigenvalue weighted by molar-refractivity contribution is -0.140. The van der Waals surface area contributed by atoms with Crippen LogP contribution in [0.25, 0.3) is 0 Å². The molecule has 94 valence electrons. The maximum Gasteiger partial charge on any atom is 0.306 e. The number of ether oxygens (including phenoxy) is 1. The van der Waals surface area contributed by atoms with Crippen molar-refractivity contribution in [3.05, 3.63) is 0 Å². The van der Waals surface area contributed by atoms with Crippen molar-refractivity contribution in [2.24, 2.45) is 0 Å². The van der Waals surface area contributed by atoms with Crippen LogP contribution in [0.3, 0.4) is 0 Å². The molecule has 1 unspecified atom stereocenters. The van der Waals surface area contributed by atoms with Gasteiger partial charge in [0.25, 0.3) is 0 Å². The van der Waals surface area contributed by atoms with E-state index in [1.165, 1.54) is 11.4 Å². The van der Waals surface area contributed by atoms with Crippen LogP contribution in [0.2, 0.25) is 0 Å². The first-order chi connectivity index (χ1) is 7.47. The van der Waals surface area contributed by atoms with Gasteiger partial charge in [-0.05, 0) is 13.0 Å². The second-order valence-corrected chi connectivity index (χ2v) is 5.95. The minimum absolute atomic E-state index is 0.00245. The summed E-state index contributed by atoms with van der Waals surface area (Å²) in [5, 5.41) is 3.10. The molecule has 1 saturated heterocycles. The molecule has 0 aromatic rings. The number of likely N-dealkylation sites (N-methyl/N-ethyl adjacent to an activating group) is 1. The van der Waals surface area contributed by atoms with Gasteiger partial charge in [0.15, 0.2) is 0 Å². The van der Waals surface area contributed by atoms with Crippen molar-refractivity contribution >= 4 is 16.0 Å². The van der Waals surface area contributed by atoms with Gasteiger partial charge in [-0.2, -0.15) is 0 Å². The molecule has 1 N–H and O–H groups in total. The van der Waals surface area contributed by atoms with E-state index >= 15 is 0 Å². The zero-order valence-corrected chi connectivity index (χ0v) is 10.4. The highest BCUT2D eigenvalue weighted by Gasteiger charge is 2.28.